The number of nitro groups is 1. The summed E-state index contributed by atoms with van der Waals surface area (Å²) < 4.78 is 0. The fraction of sp³-hybridized carbons (Fsp3) is 0.0769. The van der Waals surface area contributed by atoms with Gasteiger partial charge in [0.15, 0.2) is 0 Å². The summed E-state index contributed by atoms with van der Waals surface area (Å²) in [6, 6.07) is 15.4. The Morgan fingerprint density at radius 2 is 1.59 bits per heavy atom. The highest BCUT2D eigenvalue weighted by Crippen LogP contribution is 2.27. The first-order valence-corrected chi connectivity index (χ1v) is 5.24. The highest BCUT2D eigenvalue weighted by molar-refractivity contribution is 5.45. The topological polar surface area (TPSA) is 69.2 Å². The Kier molecular flexibility index (Phi) is 3.16. The summed E-state index contributed by atoms with van der Waals surface area (Å²) in [7, 11) is 0. The average molecular weight is 228 g/mol. The predicted octanol–water partition coefficient (Wildman–Crippen LogP) is 2.64. The Hall–Kier alpha value is -2.20. The van der Waals surface area contributed by atoms with Gasteiger partial charge in [-0.3, -0.25) is 10.1 Å². The summed E-state index contributed by atoms with van der Waals surface area (Å²) in [6.45, 7) is 0. The molecular weight excluding hydrogens is 216 g/mol. The van der Waals surface area contributed by atoms with Crippen molar-refractivity contribution in [1.29, 1.82) is 0 Å². The van der Waals surface area contributed by atoms with E-state index in [0.717, 1.165) is 5.56 Å². The molecule has 1 atom stereocenters. The van der Waals surface area contributed by atoms with Crippen LogP contribution in [-0.4, -0.2) is 4.92 Å². The number of hydrogen-bond acceptors (Lipinski definition) is 3. The van der Waals surface area contributed by atoms with Crippen LogP contribution in [0.15, 0.2) is 54.6 Å². The number of benzene rings is 2. The quantitative estimate of drug-likeness (QED) is 0.648. The molecule has 1 unspecified atom stereocenters. The van der Waals surface area contributed by atoms with Gasteiger partial charge in [0, 0.05) is 6.07 Å². The lowest BCUT2D eigenvalue weighted by molar-refractivity contribution is -0.385. The third kappa shape index (κ3) is 2.32. The molecule has 0 spiro atoms. The standard InChI is InChI=1S/C13H12N2O2/c14-13(10-6-2-1-3-7-10)11-8-4-5-9-12(11)15(16)17/h1-9,13H,14H2. The molecule has 4 nitrogen and oxygen atoms in total. The van der Waals surface area contributed by atoms with E-state index in [1.807, 2.05) is 30.3 Å². The molecule has 2 rings (SSSR count). The second-order valence-corrected chi connectivity index (χ2v) is 3.70. The highest BCUT2D eigenvalue weighted by atomic mass is 16.6. The van der Waals surface area contributed by atoms with Gasteiger partial charge >= 0.3 is 0 Å². The fourth-order valence-electron chi connectivity index (χ4n) is 1.76. The van der Waals surface area contributed by atoms with Crippen LogP contribution in [-0.2, 0) is 0 Å². The highest BCUT2D eigenvalue weighted by Gasteiger charge is 2.19. The normalized spacial score (nSPS) is 12.1. The van der Waals surface area contributed by atoms with Gasteiger partial charge in [0.25, 0.3) is 5.69 Å². The lowest BCUT2D eigenvalue weighted by Crippen LogP contribution is -2.13. The molecule has 2 aromatic rings. The Labute approximate surface area is 98.8 Å². The van der Waals surface area contributed by atoms with Gasteiger partial charge in [-0.25, -0.2) is 0 Å². The molecule has 0 aliphatic heterocycles. The number of para-hydroxylation sites is 1. The lowest BCUT2D eigenvalue weighted by atomic mass is 9.98. The minimum Gasteiger partial charge on any atom is -0.320 e. The Bertz CT molecular complexity index is 526. The van der Waals surface area contributed by atoms with Crippen molar-refractivity contribution in [3.63, 3.8) is 0 Å². The first kappa shape index (κ1) is 11.3. The molecule has 0 bridgehead atoms. The maximum Gasteiger partial charge on any atom is 0.274 e. The van der Waals surface area contributed by atoms with Gasteiger partial charge in [-0.1, -0.05) is 48.5 Å². The van der Waals surface area contributed by atoms with Crippen molar-refractivity contribution in [2.45, 2.75) is 6.04 Å². The number of nitrogens with zero attached hydrogens (tertiary/aromatic N) is 1. The van der Waals surface area contributed by atoms with Crippen LogP contribution in [0.2, 0.25) is 0 Å². The van der Waals surface area contributed by atoms with Gasteiger partial charge in [-0.15, -0.1) is 0 Å². The van der Waals surface area contributed by atoms with Crippen molar-refractivity contribution in [3.05, 3.63) is 75.8 Å². The maximum absolute atomic E-state index is 10.9. The van der Waals surface area contributed by atoms with Crippen molar-refractivity contribution in [3.8, 4) is 0 Å². The van der Waals surface area contributed by atoms with Crippen molar-refractivity contribution in [1.82, 2.24) is 0 Å². The largest absolute Gasteiger partial charge is 0.320 e. The first-order chi connectivity index (χ1) is 8.20. The third-order valence-corrected chi connectivity index (χ3v) is 2.63. The van der Waals surface area contributed by atoms with Crippen LogP contribution in [0.5, 0.6) is 0 Å². The maximum atomic E-state index is 10.9. The second-order valence-electron chi connectivity index (χ2n) is 3.70. The molecule has 0 radical (unpaired) electrons. The lowest BCUT2D eigenvalue weighted by Gasteiger charge is -2.12. The van der Waals surface area contributed by atoms with Crippen LogP contribution >= 0.6 is 0 Å². The van der Waals surface area contributed by atoms with E-state index in [-0.39, 0.29) is 5.69 Å². The zero-order valence-electron chi connectivity index (χ0n) is 9.11. The molecule has 0 amide bonds. The predicted molar refractivity (Wildman–Crippen MR) is 65.6 cm³/mol. The van der Waals surface area contributed by atoms with E-state index in [1.54, 1.807) is 18.2 Å². The van der Waals surface area contributed by atoms with E-state index in [4.69, 9.17) is 5.73 Å². The Balaban J connectivity index is 2.44. The Morgan fingerprint density at radius 1 is 1.00 bits per heavy atom. The van der Waals surface area contributed by atoms with Gasteiger partial charge in [-0.05, 0) is 5.56 Å². The molecule has 17 heavy (non-hydrogen) atoms. The van der Waals surface area contributed by atoms with Gasteiger partial charge in [0.05, 0.1) is 16.5 Å². The zero-order valence-corrected chi connectivity index (χ0v) is 9.11. The molecule has 0 fully saturated rings. The summed E-state index contributed by atoms with van der Waals surface area (Å²) in [5, 5.41) is 10.9. The summed E-state index contributed by atoms with van der Waals surface area (Å²) in [6.07, 6.45) is 0. The summed E-state index contributed by atoms with van der Waals surface area (Å²) in [5.41, 5.74) is 7.50. The monoisotopic (exact) mass is 228 g/mol. The van der Waals surface area contributed by atoms with Gasteiger partial charge < -0.3 is 5.73 Å². The molecule has 0 aliphatic rings. The SMILES string of the molecule is NC(c1ccccc1)c1ccccc1[N+](=O)[O-]. The van der Waals surface area contributed by atoms with Crippen LogP contribution in [0.25, 0.3) is 0 Å². The summed E-state index contributed by atoms with van der Waals surface area (Å²) in [5.74, 6) is 0. The molecule has 2 aromatic carbocycles. The first-order valence-electron chi connectivity index (χ1n) is 5.24. The molecule has 0 saturated heterocycles. The molecule has 4 heteroatoms. The molecule has 0 aliphatic carbocycles. The van der Waals surface area contributed by atoms with Crippen LogP contribution in [0.4, 0.5) is 5.69 Å². The fourth-order valence-corrected chi connectivity index (χ4v) is 1.76. The smallest absolute Gasteiger partial charge is 0.274 e. The third-order valence-electron chi connectivity index (χ3n) is 2.63. The van der Waals surface area contributed by atoms with Crippen molar-refractivity contribution in [2.75, 3.05) is 0 Å². The molecule has 0 saturated carbocycles. The summed E-state index contributed by atoms with van der Waals surface area (Å²) >= 11 is 0. The Morgan fingerprint density at radius 3 is 2.24 bits per heavy atom. The minimum absolute atomic E-state index is 0.0591. The summed E-state index contributed by atoms with van der Waals surface area (Å²) in [4.78, 5) is 10.5. The van der Waals surface area contributed by atoms with Crippen molar-refractivity contribution < 1.29 is 4.92 Å². The van der Waals surface area contributed by atoms with Gasteiger partial charge in [-0.2, -0.15) is 0 Å². The zero-order chi connectivity index (χ0) is 12.3. The van der Waals surface area contributed by atoms with E-state index >= 15 is 0 Å². The minimum atomic E-state index is -0.474. The van der Waals surface area contributed by atoms with E-state index in [0.29, 0.717) is 5.56 Å². The van der Waals surface area contributed by atoms with Gasteiger partial charge in [0.2, 0.25) is 0 Å². The van der Waals surface area contributed by atoms with E-state index < -0.39 is 11.0 Å². The van der Waals surface area contributed by atoms with Crippen LogP contribution in [0.1, 0.15) is 17.2 Å². The number of nitro benzene ring substituents is 1. The van der Waals surface area contributed by atoms with Crippen molar-refractivity contribution in [2.24, 2.45) is 5.73 Å². The molecule has 0 heterocycles. The van der Waals surface area contributed by atoms with E-state index in [2.05, 4.69) is 0 Å². The molecule has 86 valence electrons. The van der Waals surface area contributed by atoms with Crippen LogP contribution in [0, 0.1) is 10.1 Å². The number of nitrogens with two attached hydrogens (primary N) is 1. The average Bonchev–Trinajstić information content (AvgIpc) is 2.39. The van der Waals surface area contributed by atoms with Crippen LogP contribution in [0.3, 0.4) is 0 Å². The van der Waals surface area contributed by atoms with E-state index in [1.165, 1.54) is 6.07 Å². The molecule has 0 aromatic heterocycles. The molecule has 2 N–H and O–H groups in total. The van der Waals surface area contributed by atoms with Crippen LogP contribution < -0.4 is 5.73 Å². The number of rotatable bonds is 3. The molecular formula is C13H12N2O2. The van der Waals surface area contributed by atoms with Crippen molar-refractivity contribution >= 4 is 5.69 Å². The van der Waals surface area contributed by atoms with E-state index in [9.17, 15) is 10.1 Å². The number of hydrogen-bond donors (Lipinski definition) is 1. The van der Waals surface area contributed by atoms with Gasteiger partial charge in [0.1, 0.15) is 0 Å². The second kappa shape index (κ2) is 4.76.